The molecule has 2 aliphatic heterocycles. The van der Waals surface area contributed by atoms with Crippen LogP contribution in [0.5, 0.6) is 0 Å². The molecular weight excluding hydrogens is 252 g/mol. The van der Waals surface area contributed by atoms with Crippen LogP contribution >= 0.6 is 11.6 Å². The molecule has 0 bridgehead atoms. The fourth-order valence-corrected chi connectivity index (χ4v) is 1.93. The maximum atomic E-state index is 5.54. The smallest absolute Gasteiger partial charge is 0.157 e. The molecule has 4 heteroatoms. The zero-order valence-corrected chi connectivity index (χ0v) is 11.9. The average Bonchev–Trinajstić information content (AvgIpc) is 2.47. The van der Waals surface area contributed by atoms with E-state index >= 15 is 0 Å². The van der Waals surface area contributed by atoms with Crippen molar-refractivity contribution >= 4 is 11.6 Å². The van der Waals surface area contributed by atoms with Crippen LogP contribution in [0.1, 0.15) is 44.9 Å². The summed E-state index contributed by atoms with van der Waals surface area (Å²) >= 11 is 5.54. The lowest BCUT2D eigenvalue weighted by atomic mass is 10.2. The van der Waals surface area contributed by atoms with Gasteiger partial charge in [0.2, 0.25) is 0 Å². The molecule has 0 saturated carbocycles. The number of halogens is 1. The zero-order chi connectivity index (χ0) is 12.9. The minimum absolute atomic E-state index is 0.0640. The molecule has 2 rings (SSSR count). The Morgan fingerprint density at radius 3 is 2.61 bits per heavy atom. The van der Waals surface area contributed by atoms with Crippen molar-refractivity contribution in [3.05, 3.63) is 12.3 Å². The molecule has 0 radical (unpaired) electrons. The first-order valence-electron chi connectivity index (χ1n) is 6.99. The lowest BCUT2D eigenvalue weighted by Gasteiger charge is -2.22. The summed E-state index contributed by atoms with van der Waals surface area (Å²) in [6, 6.07) is 0. The topological polar surface area (TPSA) is 27.7 Å². The Labute approximate surface area is 115 Å². The van der Waals surface area contributed by atoms with Gasteiger partial charge in [0.1, 0.15) is 0 Å². The number of alkyl halides is 1. The van der Waals surface area contributed by atoms with E-state index in [0.717, 1.165) is 45.0 Å². The van der Waals surface area contributed by atoms with Crippen LogP contribution in [-0.4, -0.2) is 32.0 Å². The van der Waals surface area contributed by atoms with Crippen molar-refractivity contribution in [1.82, 2.24) is 0 Å². The Balaban J connectivity index is 0.000000225. The van der Waals surface area contributed by atoms with Crippen LogP contribution in [0.4, 0.5) is 0 Å². The van der Waals surface area contributed by atoms with Crippen LogP contribution in [0.2, 0.25) is 0 Å². The van der Waals surface area contributed by atoms with E-state index < -0.39 is 0 Å². The summed E-state index contributed by atoms with van der Waals surface area (Å²) in [5.74, 6) is 0.731. The molecule has 106 valence electrons. The molecule has 0 N–H and O–H groups in total. The van der Waals surface area contributed by atoms with Crippen molar-refractivity contribution in [2.24, 2.45) is 0 Å². The van der Waals surface area contributed by atoms with Crippen LogP contribution in [-0.2, 0) is 14.2 Å². The maximum absolute atomic E-state index is 5.54. The summed E-state index contributed by atoms with van der Waals surface area (Å²) in [6.07, 6.45) is 11.8. The molecule has 0 aromatic heterocycles. The number of unbranched alkanes of at least 4 members (excludes halogenated alkanes) is 1. The molecule has 1 saturated heterocycles. The summed E-state index contributed by atoms with van der Waals surface area (Å²) in [5, 5.41) is 0. The first kappa shape index (κ1) is 15.8. The van der Waals surface area contributed by atoms with E-state index in [1.807, 2.05) is 6.08 Å². The van der Waals surface area contributed by atoms with Gasteiger partial charge in [-0.3, -0.25) is 0 Å². The predicted molar refractivity (Wildman–Crippen MR) is 73.8 cm³/mol. The molecule has 0 aromatic rings. The molecular formula is C14H25ClO3. The van der Waals surface area contributed by atoms with E-state index in [1.54, 1.807) is 6.26 Å². The van der Waals surface area contributed by atoms with Gasteiger partial charge >= 0.3 is 0 Å². The van der Waals surface area contributed by atoms with Crippen molar-refractivity contribution in [1.29, 1.82) is 0 Å². The first-order chi connectivity index (χ1) is 8.93. The van der Waals surface area contributed by atoms with Gasteiger partial charge in [-0.2, -0.15) is 0 Å². The summed E-state index contributed by atoms with van der Waals surface area (Å²) in [6.45, 7) is 2.56. The van der Waals surface area contributed by atoms with Gasteiger partial charge in [-0.1, -0.05) is 0 Å². The second-order valence-corrected chi connectivity index (χ2v) is 4.83. The van der Waals surface area contributed by atoms with Gasteiger partial charge in [-0.25, -0.2) is 0 Å². The Bertz CT molecular complexity index is 195. The predicted octanol–water partition coefficient (Wildman–Crippen LogP) is 3.86. The summed E-state index contributed by atoms with van der Waals surface area (Å²) < 4.78 is 15.8. The first-order valence-corrected chi connectivity index (χ1v) is 7.52. The molecule has 0 spiro atoms. The highest BCUT2D eigenvalue weighted by molar-refractivity contribution is 6.17. The molecule has 3 nitrogen and oxygen atoms in total. The van der Waals surface area contributed by atoms with Gasteiger partial charge in [0.15, 0.2) is 6.29 Å². The van der Waals surface area contributed by atoms with Crippen molar-refractivity contribution in [3.8, 4) is 0 Å². The highest BCUT2D eigenvalue weighted by Gasteiger charge is 2.12. The second-order valence-electron chi connectivity index (χ2n) is 4.45. The lowest BCUT2D eigenvalue weighted by molar-refractivity contribution is -0.162. The van der Waals surface area contributed by atoms with Crippen molar-refractivity contribution < 1.29 is 14.2 Å². The highest BCUT2D eigenvalue weighted by Crippen LogP contribution is 2.13. The van der Waals surface area contributed by atoms with Gasteiger partial charge in [-0.05, 0) is 51.0 Å². The van der Waals surface area contributed by atoms with Crippen molar-refractivity contribution in [3.63, 3.8) is 0 Å². The van der Waals surface area contributed by atoms with Crippen LogP contribution in [0.15, 0.2) is 12.3 Å². The number of ether oxygens (including phenoxy) is 3. The Morgan fingerprint density at radius 2 is 2.11 bits per heavy atom. The molecule has 1 atom stereocenters. The number of allylic oxidation sites excluding steroid dienone is 1. The number of rotatable bonds is 5. The maximum Gasteiger partial charge on any atom is 0.157 e. The number of hydrogen-bond acceptors (Lipinski definition) is 3. The van der Waals surface area contributed by atoms with E-state index in [4.69, 9.17) is 25.8 Å². The average molecular weight is 277 g/mol. The molecule has 0 amide bonds. The SMILES string of the molecule is C1=COCCC1.ClCCCCOC1CCCCO1. The summed E-state index contributed by atoms with van der Waals surface area (Å²) in [7, 11) is 0. The standard InChI is InChI=1S/C9H17ClO2.C5H8O/c10-6-2-4-8-12-9-5-1-3-7-11-9;1-2-4-6-5-3-1/h9H,1-8H2;2,4H,1,3,5H2. The minimum Gasteiger partial charge on any atom is -0.502 e. The van der Waals surface area contributed by atoms with E-state index in [-0.39, 0.29) is 6.29 Å². The van der Waals surface area contributed by atoms with Gasteiger partial charge in [0.05, 0.1) is 12.9 Å². The second kappa shape index (κ2) is 11.8. The third-order valence-corrected chi connectivity index (χ3v) is 3.06. The Hall–Kier alpha value is -0.250. The fraction of sp³-hybridized carbons (Fsp3) is 0.857. The van der Waals surface area contributed by atoms with E-state index in [0.29, 0.717) is 0 Å². The molecule has 2 heterocycles. The Morgan fingerprint density at radius 1 is 1.17 bits per heavy atom. The van der Waals surface area contributed by atoms with Gasteiger partial charge in [-0.15, -0.1) is 11.6 Å². The summed E-state index contributed by atoms with van der Waals surface area (Å²) in [4.78, 5) is 0. The third-order valence-electron chi connectivity index (χ3n) is 2.80. The van der Waals surface area contributed by atoms with E-state index in [1.165, 1.54) is 25.7 Å². The van der Waals surface area contributed by atoms with E-state index in [2.05, 4.69) is 0 Å². The lowest BCUT2D eigenvalue weighted by Crippen LogP contribution is -2.22. The molecule has 1 fully saturated rings. The quantitative estimate of drug-likeness (QED) is 0.564. The van der Waals surface area contributed by atoms with Crippen LogP contribution in [0.3, 0.4) is 0 Å². The number of hydrogen-bond donors (Lipinski definition) is 0. The third kappa shape index (κ3) is 8.78. The van der Waals surface area contributed by atoms with Crippen molar-refractivity contribution in [2.75, 3.05) is 25.7 Å². The minimum atomic E-state index is 0.0640. The summed E-state index contributed by atoms with van der Waals surface area (Å²) in [5.41, 5.74) is 0. The normalized spacial score (nSPS) is 22.8. The van der Waals surface area contributed by atoms with Crippen LogP contribution in [0.25, 0.3) is 0 Å². The molecule has 0 aromatic carbocycles. The Kier molecular flexibility index (Phi) is 10.4. The van der Waals surface area contributed by atoms with Crippen LogP contribution in [0, 0.1) is 0 Å². The van der Waals surface area contributed by atoms with Gasteiger partial charge in [0.25, 0.3) is 0 Å². The molecule has 1 unspecified atom stereocenters. The molecule has 0 aliphatic carbocycles. The van der Waals surface area contributed by atoms with Crippen molar-refractivity contribution in [2.45, 2.75) is 51.2 Å². The van der Waals surface area contributed by atoms with Gasteiger partial charge < -0.3 is 14.2 Å². The monoisotopic (exact) mass is 276 g/mol. The van der Waals surface area contributed by atoms with Gasteiger partial charge in [0, 0.05) is 19.1 Å². The fourth-order valence-electron chi connectivity index (χ4n) is 1.74. The molecule has 18 heavy (non-hydrogen) atoms. The van der Waals surface area contributed by atoms with Crippen LogP contribution < -0.4 is 0 Å². The zero-order valence-electron chi connectivity index (χ0n) is 11.1. The highest BCUT2D eigenvalue weighted by atomic mass is 35.5. The largest absolute Gasteiger partial charge is 0.502 e. The molecule has 2 aliphatic rings. The van der Waals surface area contributed by atoms with E-state index in [9.17, 15) is 0 Å².